The molecular weight excluding hydrogens is 721 g/mol. The Morgan fingerprint density at radius 1 is 0.397 bits per heavy atom. The highest BCUT2D eigenvalue weighted by molar-refractivity contribution is 7.19. The van der Waals surface area contributed by atoms with Gasteiger partial charge in [-0.2, -0.15) is 0 Å². The number of fused-ring (bicyclic) bond motifs is 10. The Hall–Kier alpha value is -7.14. The fraction of sp³-hybridized carbons (Fsp3) is 0.0370. The van der Waals surface area contributed by atoms with Crippen molar-refractivity contribution < 1.29 is 4.42 Å². The predicted molar refractivity (Wildman–Crippen MR) is 246 cm³/mol. The van der Waals surface area contributed by atoms with E-state index in [1.54, 1.807) is 0 Å². The number of para-hydroxylation sites is 3. The third-order valence-electron chi connectivity index (χ3n) is 12.6. The molecule has 8 aromatic carbocycles. The first-order chi connectivity index (χ1) is 28.8. The van der Waals surface area contributed by atoms with Crippen molar-refractivity contribution in [2.24, 2.45) is 0 Å². The second-order valence-corrected chi connectivity index (χ2v) is 19.3. The average Bonchev–Trinajstić information content (AvgIpc) is 3.96. The number of hydrogen-bond acceptors (Lipinski definition) is 1. The highest BCUT2D eigenvalue weighted by Crippen LogP contribution is 2.41. The third kappa shape index (κ3) is 4.73. The van der Waals surface area contributed by atoms with Crippen molar-refractivity contribution in [1.29, 1.82) is 0 Å². The molecule has 3 aromatic heterocycles. The minimum absolute atomic E-state index is 0.917. The average molecular weight is 759 g/mol. The van der Waals surface area contributed by atoms with E-state index in [9.17, 15) is 0 Å². The van der Waals surface area contributed by atoms with Gasteiger partial charge in [-0.15, -0.1) is 0 Å². The lowest BCUT2D eigenvalue weighted by molar-refractivity contribution is 0.669. The van der Waals surface area contributed by atoms with Crippen LogP contribution >= 0.6 is 0 Å². The summed E-state index contributed by atoms with van der Waals surface area (Å²) in [5.41, 5.74) is 10.5. The van der Waals surface area contributed by atoms with Crippen molar-refractivity contribution in [3.05, 3.63) is 211 Å². The van der Waals surface area contributed by atoms with Crippen molar-refractivity contribution in [3.8, 4) is 11.4 Å². The molecule has 0 saturated carbocycles. The van der Waals surface area contributed by atoms with E-state index in [0.717, 1.165) is 35.1 Å². The Labute approximate surface area is 337 Å². The molecule has 0 N–H and O–H groups in total. The van der Waals surface area contributed by atoms with Crippen molar-refractivity contribution in [2.45, 2.75) is 12.8 Å². The molecule has 4 heteroatoms. The molecule has 274 valence electrons. The van der Waals surface area contributed by atoms with Gasteiger partial charge in [-0.3, -0.25) is 0 Å². The second-order valence-electron chi connectivity index (χ2n) is 15.5. The number of benzene rings is 8. The zero-order valence-electron chi connectivity index (χ0n) is 31.8. The number of aromatic nitrogens is 2. The first kappa shape index (κ1) is 33.0. The van der Waals surface area contributed by atoms with Gasteiger partial charge in [0.15, 0.2) is 8.07 Å². The molecule has 0 atom stereocenters. The molecule has 12 rings (SSSR count). The standard InChI is InChI=1S/C54H38N2OSi/c1-3-15-39(16-4-1)58(40-17-5-2-6-18-40,41-31-27-37(28-32-41)55-47-23-11-7-19-43(47)44-20-8-12-24-48(44)55)42-33-29-38(30-34-42)56-49-25-13-9-21-45(49)53-50(56)35-36-52-54(53)46-22-10-14-26-51(46)57-52/h1-7,9-19,21-36H,8,20H2. The third-order valence-corrected chi connectivity index (χ3v) is 17.4. The lowest BCUT2D eigenvalue weighted by atomic mass is 10.0. The molecule has 11 aromatic rings. The lowest BCUT2D eigenvalue weighted by Gasteiger charge is -2.34. The van der Waals surface area contributed by atoms with Gasteiger partial charge in [-0.1, -0.05) is 146 Å². The van der Waals surface area contributed by atoms with Gasteiger partial charge in [-0.05, 0) is 99.8 Å². The summed E-state index contributed by atoms with van der Waals surface area (Å²) in [7, 11) is -2.81. The topological polar surface area (TPSA) is 23.0 Å². The predicted octanol–water partition coefficient (Wildman–Crippen LogP) is 11.0. The molecule has 1 aliphatic carbocycles. The molecular formula is C54H38N2OSi. The molecule has 1 aliphatic rings. The van der Waals surface area contributed by atoms with Gasteiger partial charge in [0, 0.05) is 44.0 Å². The van der Waals surface area contributed by atoms with Crippen LogP contribution < -0.4 is 20.7 Å². The van der Waals surface area contributed by atoms with Crippen LogP contribution in [0.2, 0.25) is 0 Å². The van der Waals surface area contributed by atoms with Crippen LogP contribution in [0.25, 0.3) is 72.1 Å². The first-order valence-electron chi connectivity index (χ1n) is 20.2. The van der Waals surface area contributed by atoms with Gasteiger partial charge in [-0.25, -0.2) is 0 Å². The maximum Gasteiger partial charge on any atom is 0.179 e. The van der Waals surface area contributed by atoms with Crippen LogP contribution in [0.1, 0.15) is 17.7 Å². The van der Waals surface area contributed by atoms with Crippen LogP contribution in [-0.4, -0.2) is 17.2 Å². The summed E-state index contributed by atoms with van der Waals surface area (Å²) in [6, 6.07) is 71.9. The number of hydrogen-bond donors (Lipinski definition) is 0. The Balaban J connectivity index is 1.06. The Morgan fingerprint density at radius 2 is 0.931 bits per heavy atom. The maximum absolute atomic E-state index is 6.37. The quantitative estimate of drug-likeness (QED) is 0.122. The molecule has 0 unspecified atom stereocenters. The number of aryl methyl sites for hydroxylation is 1. The first-order valence-corrected chi connectivity index (χ1v) is 22.2. The normalized spacial score (nSPS) is 13.0. The largest absolute Gasteiger partial charge is 0.456 e. The molecule has 3 heterocycles. The van der Waals surface area contributed by atoms with Gasteiger partial charge in [0.1, 0.15) is 11.2 Å². The van der Waals surface area contributed by atoms with Crippen LogP contribution in [0.5, 0.6) is 0 Å². The molecule has 0 fully saturated rings. The monoisotopic (exact) mass is 758 g/mol. The minimum atomic E-state index is -2.81. The molecule has 0 radical (unpaired) electrons. The van der Waals surface area contributed by atoms with Crippen molar-refractivity contribution in [3.63, 3.8) is 0 Å². The maximum atomic E-state index is 6.37. The summed E-state index contributed by atoms with van der Waals surface area (Å²) in [5, 5.41) is 11.6. The van der Waals surface area contributed by atoms with E-state index in [1.807, 2.05) is 6.07 Å². The van der Waals surface area contributed by atoms with Gasteiger partial charge in [0.2, 0.25) is 0 Å². The lowest BCUT2D eigenvalue weighted by Crippen LogP contribution is -2.74. The number of furan rings is 1. The van der Waals surface area contributed by atoms with Gasteiger partial charge in [0.05, 0.1) is 16.6 Å². The summed E-state index contributed by atoms with van der Waals surface area (Å²) >= 11 is 0. The van der Waals surface area contributed by atoms with Crippen LogP contribution in [0.3, 0.4) is 0 Å². The summed E-state index contributed by atoms with van der Waals surface area (Å²) < 4.78 is 11.2. The molecule has 0 spiro atoms. The van der Waals surface area contributed by atoms with Gasteiger partial charge < -0.3 is 13.6 Å². The molecule has 58 heavy (non-hydrogen) atoms. The molecule has 0 aliphatic heterocycles. The van der Waals surface area contributed by atoms with E-state index in [2.05, 4.69) is 209 Å². The zero-order chi connectivity index (χ0) is 38.2. The van der Waals surface area contributed by atoms with E-state index in [0.29, 0.717) is 0 Å². The zero-order valence-corrected chi connectivity index (χ0v) is 32.8. The minimum Gasteiger partial charge on any atom is -0.456 e. The van der Waals surface area contributed by atoms with Crippen LogP contribution in [0.4, 0.5) is 0 Å². The number of allylic oxidation sites excluding steroid dienone is 1. The highest BCUT2D eigenvalue weighted by atomic mass is 28.3. The highest BCUT2D eigenvalue weighted by Gasteiger charge is 2.41. The van der Waals surface area contributed by atoms with Crippen LogP contribution in [0.15, 0.2) is 205 Å². The van der Waals surface area contributed by atoms with Crippen LogP contribution in [0, 0.1) is 0 Å². The Bertz CT molecular complexity index is 3330. The van der Waals surface area contributed by atoms with E-state index in [4.69, 9.17) is 4.42 Å². The van der Waals surface area contributed by atoms with Crippen LogP contribution in [-0.2, 0) is 6.42 Å². The molecule has 0 saturated heterocycles. The van der Waals surface area contributed by atoms with E-state index >= 15 is 0 Å². The van der Waals surface area contributed by atoms with E-state index in [1.165, 1.54) is 75.8 Å². The Morgan fingerprint density at radius 3 is 1.60 bits per heavy atom. The molecule has 0 bridgehead atoms. The summed E-state index contributed by atoms with van der Waals surface area (Å²) in [4.78, 5) is 0. The fourth-order valence-corrected chi connectivity index (χ4v) is 14.8. The fourth-order valence-electron chi connectivity index (χ4n) is 10.1. The molecule has 3 nitrogen and oxygen atoms in total. The van der Waals surface area contributed by atoms with Crippen molar-refractivity contribution in [1.82, 2.24) is 9.13 Å². The number of nitrogens with zero attached hydrogens (tertiary/aromatic N) is 2. The van der Waals surface area contributed by atoms with E-state index < -0.39 is 8.07 Å². The van der Waals surface area contributed by atoms with Crippen molar-refractivity contribution >= 4 is 89.5 Å². The Kier molecular flexibility index (Phi) is 7.38. The summed E-state index contributed by atoms with van der Waals surface area (Å²) in [6.45, 7) is 0. The number of rotatable bonds is 6. The van der Waals surface area contributed by atoms with Crippen molar-refractivity contribution in [2.75, 3.05) is 0 Å². The second kappa shape index (κ2) is 13.0. The van der Waals surface area contributed by atoms with E-state index in [-0.39, 0.29) is 0 Å². The SMILES string of the molecule is C1=Cc2c(c3ccccc3n2-c2ccc([Si](c3ccccc3)(c3ccccc3)c3ccc(-n4c5ccccc5c5c6c(ccc54)oc4ccccc46)cc3)cc2)CC1. The molecule has 0 amide bonds. The summed E-state index contributed by atoms with van der Waals surface area (Å²) in [5.74, 6) is 0. The smallest absolute Gasteiger partial charge is 0.179 e. The summed E-state index contributed by atoms with van der Waals surface area (Å²) in [6.07, 6.45) is 6.80. The van der Waals surface area contributed by atoms with Gasteiger partial charge in [0.25, 0.3) is 0 Å². The van der Waals surface area contributed by atoms with Gasteiger partial charge >= 0.3 is 0 Å².